The zero-order chi connectivity index (χ0) is 9.72. The lowest BCUT2D eigenvalue weighted by molar-refractivity contribution is -0.138. The molecular formula is C8H18O3Si. The van der Waals surface area contributed by atoms with Gasteiger partial charge in [0.2, 0.25) is 9.04 Å². The van der Waals surface area contributed by atoms with Crippen LogP contribution >= 0.6 is 0 Å². The summed E-state index contributed by atoms with van der Waals surface area (Å²) in [5.74, 6) is -0.478. The van der Waals surface area contributed by atoms with Crippen LogP contribution in [-0.4, -0.2) is 26.7 Å². The Balaban J connectivity index is 4.05. The topological polar surface area (TPSA) is 46.5 Å². The Morgan fingerprint density at radius 1 is 1.33 bits per heavy atom. The summed E-state index contributed by atoms with van der Waals surface area (Å²) in [6.07, 6.45) is 0. The first-order valence-electron chi connectivity index (χ1n) is 4.29. The molecule has 0 aliphatic heterocycles. The first-order valence-corrected chi connectivity index (χ1v) is 6.09. The maximum absolute atomic E-state index is 10.8. The molecule has 0 spiro atoms. The van der Waals surface area contributed by atoms with Crippen LogP contribution in [0.2, 0.25) is 11.1 Å². The van der Waals surface area contributed by atoms with Crippen molar-refractivity contribution >= 4 is 15.0 Å². The molecule has 4 heteroatoms. The molecule has 0 atom stereocenters. The van der Waals surface area contributed by atoms with Crippen LogP contribution in [0.15, 0.2) is 0 Å². The number of carbonyl (C=O) groups is 1. The largest absolute Gasteiger partial charge is 0.520 e. The molecule has 0 aromatic heterocycles. The van der Waals surface area contributed by atoms with E-state index in [2.05, 4.69) is 27.7 Å². The van der Waals surface area contributed by atoms with E-state index in [1.54, 1.807) is 0 Å². The minimum Gasteiger partial charge on any atom is -0.520 e. The predicted octanol–water partition coefficient (Wildman–Crippen LogP) is 1.07. The van der Waals surface area contributed by atoms with Crippen molar-refractivity contribution in [3.05, 3.63) is 0 Å². The van der Waals surface area contributed by atoms with Crippen molar-refractivity contribution < 1.29 is 14.3 Å². The normalized spacial score (nSPS) is 11.3. The molecule has 0 radical (unpaired) electrons. The second-order valence-electron chi connectivity index (χ2n) is 3.60. The van der Waals surface area contributed by atoms with Gasteiger partial charge in [0, 0.05) is 0 Å². The molecule has 0 saturated heterocycles. The molecular weight excluding hydrogens is 172 g/mol. The minimum atomic E-state index is -1.47. The van der Waals surface area contributed by atoms with Gasteiger partial charge in [-0.3, -0.25) is 4.79 Å². The molecule has 0 aliphatic carbocycles. The molecule has 3 nitrogen and oxygen atoms in total. The fourth-order valence-electron chi connectivity index (χ4n) is 1.23. The zero-order valence-electron chi connectivity index (χ0n) is 8.20. The average molecular weight is 190 g/mol. The standard InChI is InChI=1S/C8H18O3Si/c1-6(2)12(7(3)4)11-8(10)5-9/h6-7,9,12H,5H2,1-4H3. The lowest BCUT2D eigenvalue weighted by atomic mass is 10.5. The number of rotatable bonds is 4. The van der Waals surface area contributed by atoms with Gasteiger partial charge in [-0.15, -0.1) is 0 Å². The molecule has 0 heterocycles. The highest BCUT2D eigenvalue weighted by Gasteiger charge is 2.24. The van der Waals surface area contributed by atoms with E-state index in [1.807, 2.05) is 0 Å². The summed E-state index contributed by atoms with van der Waals surface area (Å²) in [6, 6.07) is 0. The molecule has 72 valence electrons. The number of hydrogen-bond donors (Lipinski definition) is 1. The van der Waals surface area contributed by atoms with Crippen LogP contribution in [0.3, 0.4) is 0 Å². The second kappa shape index (κ2) is 5.32. The van der Waals surface area contributed by atoms with Gasteiger partial charge in [-0.1, -0.05) is 27.7 Å². The highest BCUT2D eigenvalue weighted by Crippen LogP contribution is 2.20. The van der Waals surface area contributed by atoms with Crippen LogP contribution in [0.4, 0.5) is 0 Å². The van der Waals surface area contributed by atoms with Crippen LogP contribution in [0, 0.1) is 0 Å². The maximum Gasteiger partial charge on any atom is 0.318 e. The minimum absolute atomic E-state index is 0.431. The summed E-state index contributed by atoms with van der Waals surface area (Å²) in [5.41, 5.74) is 0.862. The first kappa shape index (κ1) is 11.6. The van der Waals surface area contributed by atoms with Crippen LogP contribution in [0.25, 0.3) is 0 Å². The van der Waals surface area contributed by atoms with Crippen molar-refractivity contribution in [2.45, 2.75) is 38.8 Å². The fourth-order valence-corrected chi connectivity index (χ4v) is 3.69. The summed E-state index contributed by atoms with van der Waals surface area (Å²) >= 11 is 0. The molecule has 0 aromatic rings. The number of hydrogen-bond acceptors (Lipinski definition) is 3. The van der Waals surface area contributed by atoms with E-state index in [0.29, 0.717) is 11.1 Å². The van der Waals surface area contributed by atoms with Gasteiger partial charge in [0.1, 0.15) is 6.61 Å². The summed E-state index contributed by atoms with van der Waals surface area (Å²) in [6.45, 7) is 7.73. The van der Waals surface area contributed by atoms with Gasteiger partial charge in [-0.05, 0) is 11.1 Å². The number of aliphatic hydroxyl groups excluding tert-OH is 1. The van der Waals surface area contributed by atoms with Crippen molar-refractivity contribution in [3.63, 3.8) is 0 Å². The SMILES string of the molecule is CC(C)[SiH](OC(=O)CO)C(C)C. The van der Waals surface area contributed by atoms with Gasteiger partial charge in [-0.2, -0.15) is 0 Å². The maximum atomic E-state index is 10.8. The van der Waals surface area contributed by atoms with Gasteiger partial charge in [0.25, 0.3) is 0 Å². The smallest absolute Gasteiger partial charge is 0.318 e. The molecule has 0 amide bonds. The third kappa shape index (κ3) is 3.87. The van der Waals surface area contributed by atoms with E-state index in [-0.39, 0.29) is 0 Å². The highest BCUT2D eigenvalue weighted by atomic mass is 28.3. The molecule has 0 unspecified atom stereocenters. The lowest BCUT2D eigenvalue weighted by Gasteiger charge is -2.22. The Morgan fingerprint density at radius 2 is 1.75 bits per heavy atom. The second-order valence-corrected chi connectivity index (χ2v) is 7.43. The van der Waals surface area contributed by atoms with Gasteiger partial charge in [0.15, 0.2) is 0 Å². The van der Waals surface area contributed by atoms with E-state index >= 15 is 0 Å². The van der Waals surface area contributed by atoms with E-state index in [9.17, 15) is 4.79 Å². The van der Waals surface area contributed by atoms with E-state index in [4.69, 9.17) is 9.53 Å². The molecule has 0 rings (SSSR count). The quantitative estimate of drug-likeness (QED) is 0.674. The van der Waals surface area contributed by atoms with Crippen LogP contribution in [0.5, 0.6) is 0 Å². The Hall–Kier alpha value is -0.353. The van der Waals surface area contributed by atoms with Crippen molar-refractivity contribution in [1.29, 1.82) is 0 Å². The van der Waals surface area contributed by atoms with Gasteiger partial charge < -0.3 is 9.53 Å². The highest BCUT2D eigenvalue weighted by molar-refractivity contribution is 6.56. The van der Waals surface area contributed by atoms with Crippen LogP contribution in [-0.2, 0) is 9.22 Å². The fraction of sp³-hybridized carbons (Fsp3) is 0.875. The van der Waals surface area contributed by atoms with Gasteiger partial charge in [-0.25, -0.2) is 0 Å². The molecule has 0 aromatic carbocycles. The van der Waals surface area contributed by atoms with Crippen molar-refractivity contribution in [2.24, 2.45) is 0 Å². The molecule has 0 aliphatic rings. The lowest BCUT2D eigenvalue weighted by Crippen LogP contribution is -2.30. The third-order valence-electron chi connectivity index (χ3n) is 1.71. The summed E-state index contributed by atoms with van der Waals surface area (Å²) < 4.78 is 5.17. The molecule has 0 fully saturated rings. The van der Waals surface area contributed by atoms with Crippen molar-refractivity contribution in [2.75, 3.05) is 6.61 Å². The zero-order valence-corrected chi connectivity index (χ0v) is 9.36. The Kier molecular flexibility index (Phi) is 5.16. The monoisotopic (exact) mass is 190 g/mol. The Bertz CT molecular complexity index is 137. The summed E-state index contributed by atoms with van der Waals surface area (Å²) in [5, 5.41) is 8.49. The third-order valence-corrected chi connectivity index (χ3v) is 4.87. The van der Waals surface area contributed by atoms with Crippen LogP contribution < -0.4 is 0 Å². The average Bonchev–Trinajstić information content (AvgIpc) is 1.98. The van der Waals surface area contributed by atoms with E-state index < -0.39 is 21.6 Å². The van der Waals surface area contributed by atoms with E-state index in [1.165, 1.54) is 0 Å². The van der Waals surface area contributed by atoms with Gasteiger partial charge >= 0.3 is 5.97 Å². The Labute approximate surface area is 75.5 Å². The number of aliphatic hydroxyl groups is 1. The predicted molar refractivity (Wildman–Crippen MR) is 50.5 cm³/mol. The van der Waals surface area contributed by atoms with E-state index in [0.717, 1.165) is 0 Å². The molecule has 1 N–H and O–H groups in total. The first-order chi connectivity index (χ1) is 5.49. The summed E-state index contributed by atoms with van der Waals surface area (Å²) in [4.78, 5) is 10.8. The van der Waals surface area contributed by atoms with Crippen molar-refractivity contribution in [3.8, 4) is 0 Å². The van der Waals surface area contributed by atoms with Crippen LogP contribution in [0.1, 0.15) is 27.7 Å². The molecule has 12 heavy (non-hydrogen) atoms. The van der Waals surface area contributed by atoms with Gasteiger partial charge in [0.05, 0.1) is 0 Å². The molecule has 0 saturated carbocycles. The number of carbonyl (C=O) groups excluding carboxylic acids is 1. The summed E-state index contributed by atoms with van der Waals surface area (Å²) in [7, 11) is -1.47. The van der Waals surface area contributed by atoms with Crippen molar-refractivity contribution in [1.82, 2.24) is 0 Å². The Morgan fingerprint density at radius 3 is 2.00 bits per heavy atom. The molecule has 0 bridgehead atoms.